The van der Waals surface area contributed by atoms with Crippen molar-refractivity contribution in [3.63, 3.8) is 0 Å². The van der Waals surface area contributed by atoms with E-state index < -0.39 is 0 Å². The topological polar surface area (TPSA) is 15.3 Å². The van der Waals surface area contributed by atoms with Crippen LogP contribution in [0.1, 0.15) is 25.3 Å². The average molecular weight is 236 g/mol. The molecule has 2 nitrogen and oxygen atoms in total. The van der Waals surface area contributed by atoms with E-state index in [0.29, 0.717) is 12.1 Å². The van der Waals surface area contributed by atoms with Crippen LogP contribution in [-0.2, 0) is 0 Å². The summed E-state index contributed by atoms with van der Waals surface area (Å²) >= 11 is 0. The van der Waals surface area contributed by atoms with Gasteiger partial charge >= 0.3 is 0 Å². The third-order valence-corrected chi connectivity index (χ3v) is 3.77. The lowest BCUT2D eigenvalue weighted by molar-refractivity contribution is 0.384. The predicted octanol–water partition coefficient (Wildman–Crippen LogP) is 2.71. The molecule has 0 amide bonds. The Balaban J connectivity index is 2.20. The smallest absolute Gasteiger partial charge is 0.149 e. The fourth-order valence-corrected chi connectivity index (χ4v) is 2.65. The molecule has 1 aliphatic rings. The number of nitrogens with one attached hydrogen (secondary N) is 1. The van der Waals surface area contributed by atoms with Crippen LogP contribution in [0.25, 0.3) is 0 Å². The van der Waals surface area contributed by atoms with Crippen LogP contribution in [0, 0.1) is 12.7 Å². The summed E-state index contributed by atoms with van der Waals surface area (Å²) in [4.78, 5) is 2.19. The molecule has 0 radical (unpaired) electrons. The Morgan fingerprint density at radius 2 is 2.18 bits per heavy atom. The molecule has 1 saturated heterocycles. The molecule has 2 rings (SSSR count). The summed E-state index contributed by atoms with van der Waals surface area (Å²) in [7, 11) is 2.00. The van der Waals surface area contributed by atoms with Gasteiger partial charge in [-0.15, -0.1) is 0 Å². The molecular weight excluding hydrogens is 215 g/mol. The normalized spacial score (nSPS) is 25.1. The summed E-state index contributed by atoms with van der Waals surface area (Å²) < 4.78 is 14.1. The van der Waals surface area contributed by atoms with Gasteiger partial charge in [0.1, 0.15) is 5.82 Å². The minimum absolute atomic E-state index is 0.0674. The number of aryl methyl sites for hydroxylation is 1. The quantitative estimate of drug-likeness (QED) is 0.849. The number of anilines is 1. The first-order chi connectivity index (χ1) is 8.13. The van der Waals surface area contributed by atoms with Crippen LogP contribution in [0.3, 0.4) is 0 Å². The lowest BCUT2D eigenvalue weighted by Crippen LogP contribution is -2.47. The highest BCUT2D eigenvalue weighted by Crippen LogP contribution is 2.28. The van der Waals surface area contributed by atoms with Gasteiger partial charge in [0, 0.05) is 18.6 Å². The van der Waals surface area contributed by atoms with E-state index >= 15 is 0 Å². The van der Waals surface area contributed by atoms with Crippen LogP contribution in [0.15, 0.2) is 18.2 Å². The fraction of sp³-hybridized carbons (Fsp3) is 0.571. The Labute approximate surface area is 103 Å². The van der Waals surface area contributed by atoms with Crippen LogP contribution in [-0.4, -0.2) is 25.7 Å². The Morgan fingerprint density at radius 1 is 1.41 bits per heavy atom. The SMILES string of the molecule is CNC1CCN(c2cccc(C)c2F)C(C)C1. The minimum atomic E-state index is -0.0674. The Morgan fingerprint density at radius 3 is 2.82 bits per heavy atom. The predicted molar refractivity (Wildman–Crippen MR) is 70.0 cm³/mol. The van der Waals surface area contributed by atoms with Crippen LogP contribution >= 0.6 is 0 Å². The molecule has 94 valence electrons. The standard InChI is InChI=1S/C14H21FN2/c1-10-5-4-6-13(14(10)15)17-8-7-12(16-3)9-11(17)2/h4-6,11-12,16H,7-9H2,1-3H3. The van der Waals surface area contributed by atoms with E-state index in [1.54, 1.807) is 0 Å². The highest BCUT2D eigenvalue weighted by molar-refractivity contribution is 5.51. The van der Waals surface area contributed by atoms with Crippen molar-refractivity contribution in [3.8, 4) is 0 Å². The van der Waals surface area contributed by atoms with Gasteiger partial charge in [-0.2, -0.15) is 0 Å². The first kappa shape index (κ1) is 12.4. The summed E-state index contributed by atoms with van der Waals surface area (Å²) in [6.07, 6.45) is 2.15. The van der Waals surface area contributed by atoms with Crippen LogP contribution in [0.5, 0.6) is 0 Å². The van der Waals surface area contributed by atoms with Gasteiger partial charge in [0.15, 0.2) is 0 Å². The highest BCUT2D eigenvalue weighted by atomic mass is 19.1. The molecule has 2 atom stereocenters. The highest BCUT2D eigenvalue weighted by Gasteiger charge is 2.26. The number of halogens is 1. The van der Waals surface area contributed by atoms with Gasteiger partial charge in [-0.05, 0) is 45.4 Å². The van der Waals surface area contributed by atoms with E-state index in [1.165, 1.54) is 0 Å². The van der Waals surface area contributed by atoms with Crippen molar-refractivity contribution in [3.05, 3.63) is 29.6 Å². The number of hydrogen-bond acceptors (Lipinski definition) is 2. The zero-order valence-electron chi connectivity index (χ0n) is 10.8. The van der Waals surface area contributed by atoms with Crippen molar-refractivity contribution in [1.29, 1.82) is 0 Å². The molecule has 0 aliphatic carbocycles. The largest absolute Gasteiger partial charge is 0.366 e. The summed E-state index contributed by atoms with van der Waals surface area (Å²) in [6.45, 7) is 4.92. The lowest BCUT2D eigenvalue weighted by atomic mass is 9.97. The van der Waals surface area contributed by atoms with Gasteiger partial charge in [-0.3, -0.25) is 0 Å². The zero-order chi connectivity index (χ0) is 12.4. The lowest BCUT2D eigenvalue weighted by Gasteiger charge is -2.39. The van der Waals surface area contributed by atoms with Gasteiger partial charge in [0.05, 0.1) is 5.69 Å². The van der Waals surface area contributed by atoms with Crippen molar-refractivity contribution in [1.82, 2.24) is 5.32 Å². The number of benzene rings is 1. The van der Waals surface area contributed by atoms with E-state index in [4.69, 9.17) is 0 Å². The van der Waals surface area contributed by atoms with E-state index in [1.807, 2.05) is 32.2 Å². The minimum Gasteiger partial charge on any atom is -0.366 e. The van der Waals surface area contributed by atoms with Crippen molar-refractivity contribution >= 4 is 5.69 Å². The number of nitrogens with zero attached hydrogens (tertiary/aromatic N) is 1. The second-order valence-corrected chi connectivity index (χ2v) is 4.96. The molecule has 1 aromatic carbocycles. The van der Waals surface area contributed by atoms with Crippen LogP contribution < -0.4 is 10.2 Å². The summed E-state index contributed by atoms with van der Waals surface area (Å²) in [6, 6.07) is 6.60. The molecule has 3 heteroatoms. The van der Waals surface area contributed by atoms with Gasteiger partial charge < -0.3 is 10.2 Å². The van der Waals surface area contributed by atoms with Gasteiger partial charge in [0.25, 0.3) is 0 Å². The molecule has 0 saturated carbocycles. The maximum absolute atomic E-state index is 14.1. The first-order valence-corrected chi connectivity index (χ1v) is 6.32. The average Bonchev–Trinajstić information content (AvgIpc) is 2.33. The molecule has 1 aliphatic heterocycles. The molecular formula is C14H21FN2. The Kier molecular flexibility index (Phi) is 3.67. The number of piperidine rings is 1. The third kappa shape index (κ3) is 2.44. The molecule has 17 heavy (non-hydrogen) atoms. The molecule has 1 heterocycles. The van der Waals surface area contributed by atoms with E-state index in [-0.39, 0.29) is 5.82 Å². The monoisotopic (exact) mass is 236 g/mol. The zero-order valence-corrected chi connectivity index (χ0v) is 10.8. The Hall–Kier alpha value is -1.09. The van der Waals surface area contributed by atoms with Gasteiger partial charge in [-0.1, -0.05) is 12.1 Å². The molecule has 1 aromatic rings. The first-order valence-electron chi connectivity index (χ1n) is 6.32. The van der Waals surface area contributed by atoms with Gasteiger partial charge in [0.2, 0.25) is 0 Å². The summed E-state index contributed by atoms with van der Waals surface area (Å²) in [5, 5.41) is 3.31. The summed E-state index contributed by atoms with van der Waals surface area (Å²) in [5.74, 6) is -0.0674. The van der Waals surface area contributed by atoms with Crippen molar-refractivity contribution < 1.29 is 4.39 Å². The fourth-order valence-electron chi connectivity index (χ4n) is 2.65. The van der Waals surface area contributed by atoms with Crippen LogP contribution in [0.2, 0.25) is 0 Å². The Bertz CT molecular complexity index is 392. The third-order valence-electron chi connectivity index (χ3n) is 3.77. The van der Waals surface area contributed by atoms with Gasteiger partial charge in [-0.25, -0.2) is 4.39 Å². The van der Waals surface area contributed by atoms with Crippen molar-refractivity contribution in [2.45, 2.75) is 38.8 Å². The molecule has 2 unspecified atom stereocenters. The summed E-state index contributed by atoms with van der Waals surface area (Å²) in [5.41, 5.74) is 1.48. The number of rotatable bonds is 2. The molecule has 0 spiro atoms. The van der Waals surface area contributed by atoms with E-state index in [2.05, 4.69) is 17.1 Å². The maximum atomic E-state index is 14.1. The molecule has 0 aromatic heterocycles. The molecule has 1 fully saturated rings. The number of hydrogen-bond donors (Lipinski definition) is 1. The van der Waals surface area contributed by atoms with E-state index in [9.17, 15) is 4.39 Å². The second kappa shape index (κ2) is 5.05. The van der Waals surface area contributed by atoms with E-state index in [0.717, 1.165) is 30.6 Å². The second-order valence-electron chi connectivity index (χ2n) is 4.96. The molecule has 1 N–H and O–H groups in total. The van der Waals surface area contributed by atoms with Crippen molar-refractivity contribution in [2.24, 2.45) is 0 Å². The van der Waals surface area contributed by atoms with Crippen molar-refractivity contribution in [2.75, 3.05) is 18.5 Å². The molecule has 0 bridgehead atoms. The van der Waals surface area contributed by atoms with Crippen LogP contribution in [0.4, 0.5) is 10.1 Å². The maximum Gasteiger partial charge on any atom is 0.149 e.